The number of carbonyl (C=O) groups is 1. The van der Waals surface area contributed by atoms with Gasteiger partial charge in [0.1, 0.15) is 34.7 Å². The first-order valence-electron chi connectivity index (χ1n) is 14.2. The molecule has 0 radical (unpaired) electrons. The van der Waals surface area contributed by atoms with Gasteiger partial charge in [0.2, 0.25) is 5.91 Å². The molecule has 5 rings (SSSR count). The zero-order valence-corrected chi connectivity index (χ0v) is 25.0. The highest BCUT2D eigenvalue weighted by Crippen LogP contribution is 2.68. The number of nitrogens with one attached hydrogen (secondary N) is 1. The van der Waals surface area contributed by atoms with Gasteiger partial charge in [-0.25, -0.2) is 0 Å². The fourth-order valence-corrected chi connectivity index (χ4v) is 6.70. The van der Waals surface area contributed by atoms with E-state index in [0.717, 1.165) is 0 Å². The Hall–Kier alpha value is -3.83. The predicted octanol–water partition coefficient (Wildman–Crippen LogP) is 3.48. The van der Waals surface area contributed by atoms with Crippen molar-refractivity contribution in [3.63, 3.8) is 0 Å². The van der Waals surface area contributed by atoms with Gasteiger partial charge in [-0.1, -0.05) is 42.5 Å². The lowest BCUT2D eigenvalue weighted by molar-refractivity contribution is -0.162. The summed E-state index contributed by atoms with van der Waals surface area (Å²) < 4.78 is 34.0. The third kappa shape index (κ3) is 4.98. The first-order valence-corrected chi connectivity index (χ1v) is 14.2. The third-order valence-electron chi connectivity index (χ3n) is 8.69. The molecule has 1 aliphatic heterocycles. The Morgan fingerprint density at radius 2 is 1.60 bits per heavy atom. The second-order valence-corrected chi connectivity index (χ2v) is 10.8. The molecule has 1 heterocycles. The quantitative estimate of drug-likeness (QED) is 0.214. The summed E-state index contributed by atoms with van der Waals surface area (Å²) in [5.74, 6) is -0.923. The molecule has 230 valence electrons. The number of ether oxygens (including phenoxy) is 6. The molecule has 3 aromatic rings. The largest absolute Gasteiger partial charge is 0.497 e. The summed E-state index contributed by atoms with van der Waals surface area (Å²) in [6.45, 7) is 0.301. The van der Waals surface area contributed by atoms with E-state index in [9.17, 15) is 15.0 Å². The normalized spacial score (nSPS) is 25.5. The summed E-state index contributed by atoms with van der Waals surface area (Å²) in [6.07, 6.45) is -0.847. The van der Waals surface area contributed by atoms with Gasteiger partial charge in [0.25, 0.3) is 0 Å². The minimum absolute atomic E-state index is 0.185. The summed E-state index contributed by atoms with van der Waals surface area (Å²) >= 11 is 0. The molecule has 1 amide bonds. The van der Waals surface area contributed by atoms with E-state index in [0.29, 0.717) is 42.0 Å². The van der Waals surface area contributed by atoms with Gasteiger partial charge in [-0.3, -0.25) is 4.79 Å². The van der Waals surface area contributed by atoms with E-state index < -0.39 is 41.3 Å². The maximum atomic E-state index is 14.3. The van der Waals surface area contributed by atoms with Gasteiger partial charge in [0, 0.05) is 45.2 Å². The van der Waals surface area contributed by atoms with E-state index in [1.165, 1.54) is 14.2 Å². The van der Waals surface area contributed by atoms with E-state index in [2.05, 4.69) is 5.32 Å². The van der Waals surface area contributed by atoms with E-state index in [1.807, 2.05) is 30.3 Å². The van der Waals surface area contributed by atoms with Crippen molar-refractivity contribution in [1.82, 2.24) is 5.32 Å². The van der Waals surface area contributed by atoms with Gasteiger partial charge in [-0.2, -0.15) is 0 Å². The van der Waals surface area contributed by atoms with Crippen LogP contribution in [0.2, 0.25) is 0 Å². The maximum absolute atomic E-state index is 14.3. The highest BCUT2D eigenvalue weighted by Gasteiger charge is 2.76. The van der Waals surface area contributed by atoms with Crippen LogP contribution in [0.3, 0.4) is 0 Å². The lowest BCUT2D eigenvalue weighted by Gasteiger charge is -2.45. The van der Waals surface area contributed by atoms with Crippen LogP contribution in [0.15, 0.2) is 66.7 Å². The van der Waals surface area contributed by atoms with E-state index in [-0.39, 0.29) is 17.1 Å². The number of methoxy groups -OCH3 is 5. The smallest absolute Gasteiger partial charge is 0.227 e. The molecule has 3 aromatic carbocycles. The first-order chi connectivity index (χ1) is 20.8. The van der Waals surface area contributed by atoms with Crippen molar-refractivity contribution in [1.29, 1.82) is 0 Å². The third-order valence-corrected chi connectivity index (χ3v) is 8.69. The Balaban J connectivity index is 1.71. The van der Waals surface area contributed by atoms with Gasteiger partial charge in [0.05, 0.1) is 32.8 Å². The van der Waals surface area contributed by atoms with Crippen LogP contribution in [0, 0.1) is 5.92 Å². The molecule has 0 aromatic heterocycles. The molecular formula is C33H39NO9. The Bertz CT molecular complexity index is 1410. The number of aliphatic hydroxyl groups excluding tert-OH is 1. The number of hydrogen-bond donors (Lipinski definition) is 3. The molecule has 5 atom stereocenters. The maximum Gasteiger partial charge on any atom is 0.227 e. The number of amides is 1. The fourth-order valence-electron chi connectivity index (χ4n) is 6.70. The molecule has 1 aliphatic carbocycles. The topological polar surface area (TPSA) is 125 Å². The Labute approximate surface area is 251 Å². The Morgan fingerprint density at radius 3 is 2.21 bits per heavy atom. The van der Waals surface area contributed by atoms with Gasteiger partial charge in [-0.15, -0.1) is 0 Å². The molecule has 10 nitrogen and oxygen atoms in total. The molecule has 1 saturated carbocycles. The minimum atomic E-state index is -2.11. The standard InChI is InChI=1S/C33H39NO9/c1-38-22-15-13-21(14-16-22)33-27(20-10-7-6-8-11-20)29(30(35)34-17-9-12-26(41-4)42-5)32(37,31(33)36)28-24(40-3)18-23(39-2)19-25(28)43-33/h6-8,10-11,13-16,18-19,26-27,29,31,36-37H,9,12,17H2,1-5H3,(H,34,35)/t27-,29+,31+,32+,33+/m1/s1. The Morgan fingerprint density at radius 1 is 0.930 bits per heavy atom. The van der Waals surface area contributed by atoms with Crippen LogP contribution < -0.4 is 24.3 Å². The highest BCUT2D eigenvalue weighted by molar-refractivity contribution is 5.84. The van der Waals surface area contributed by atoms with Gasteiger partial charge < -0.3 is 44.0 Å². The van der Waals surface area contributed by atoms with E-state index >= 15 is 0 Å². The first kappa shape index (κ1) is 30.6. The van der Waals surface area contributed by atoms with Crippen molar-refractivity contribution in [2.24, 2.45) is 5.92 Å². The molecule has 0 saturated heterocycles. The zero-order chi connectivity index (χ0) is 30.8. The van der Waals surface area contributed by atoms with Gasteiger partial charge in [0.15, 0.2) is 11.9 Å². The summed E-state index contributed by atoms with van der Waals surface area (Å²) in [5.41, 5.74) is -2.22. The average Bonchev–Trinajstić information content (AvgIpc) is 3.17. The zero-order valence-electron chi connectivity index (χ0n) is 25.0. The summed E-state index contributed by atoms with van der Waals surface area (Å²) in [6, 6.07) is 19.7. The SMILES string of the molecule is COc1ccc([C@]23Oc4cc(OC)cc(OC)c4[C@](O)([C@H](C(=O)NCCCC(OC)OC)[C@H]2c2ccccc2)[C@@H]3O)cc1. The molecule has 1 fully saturated rings. The number of carbonyl (C=O) groups excluding carboxylic acids is 1. The van der Waals surface area contributed by atoms with Gasteiger partial charge in [-0.05, 0) is 29.7 Å². The van der Waals surface area contributed by atoms with Crippen molar-refractivity contribution < 1.29 is 43.4 Å². The van der Waals surface area contributed by atoms with Crippen molar-refractivity contribution in [3.8, 4) is 23.0 Å². The van der Waals surface area contributed by atoms with Crippen LogP contribution in [0.4, 0.5) is 0 Å². The van der Waals surface area contributed by atoms with Crippen LogP contribution in [-0.2, 0) is 25.5 Å². The lowest BCUT2D eigenvalue weighted by Crippen LogP contribution is -2.55. The van der Waals surface area contributed by atoms with Crippen molar-refractivity contribution in [3.05, 3.63) is 83.4 Å². The lowest BCUT2D eigenvalue weighted by atomic mass is 9.75. The van der Waals surface area contributed by atoms with Crippen LogP contribution >= 0.6 is 0 Å². The number of hydrogen-bond acceptors (Lipinski definition) is 9. The van der Waals surface area contributed by atoms with Crippen LogP contribution in [0.25, 0.3) is 0 Å². The van der Waals surface area contributed by atoms with E-state index in [1.54, 1.807) is 57.7 Å². The minimum Gasteiger partial charge on any atom is -0.497 e. The molecule has 0 spiro atoms. The molecule has 2 bridgehead atoms. The molecule has 10 heteroatoms. The van der Waals surface area contributed by atoms with Gasteiger partial charge >= 0.3 is 0 Å². The van der Waals surface area contributed by atoms with Crippen molar-refractivity contribution in [2.45, 2.75) is 42.4 Å². The van der Waals surface area contributed by atoms with Crippen LogP contribution in [0.1, 0.15) is 35.4 Å². The van der Waals surface area contributed by atoms with Crippen molar-refractivity contribution >= 4 is 5.91 Å². The summed E-state index contributed by atoms with van der Waals surface area (Å²) in [4.78, 5) is 14.3. The molecule has 3 N–H and O–H groups in total. The van der Waals surface area contributed by atoms with E-state index in [4.69, 9.17) is 28.4 Å². The average molecular weight is 594 g/mol. The van der Waals surface area contributed by atoms with Crippen LogP contribution in [-0.4, -0.2) is 70.6 Å². The number of rotatable bonds is 12. The number of fused-ring (bicyclic) bond motifs is 4. The van der Waals surface area contributed by atoms with Crippen molar-refractivity contribution in [2.75, 3.05) is 42.1 Å². The monoisotopic (exact) mass is 593 g/mol. The molecule has 43 heavy (non-hydrogen) atoms. The fraction of sp³-hybridized carbons (Fsp3) is 0.424. The molecule has 0 unspecified atom stereocenters. The van der Waals surface area contributed by atoms with Crippen LogP contribution in [0.5, 0.6) is 23.0 Å². The molecule has 2 aliphatic rings. The highest BCUT2D eigenvalue weighted by atomic mass is 16.7. The summed E-state index contributed by atoms with van der Waals surface area (Å²) in [7, 11) is 7.66. The number of benzene rings is 3. The second kappa shape index (κ2) is 12.4. The second-order valence-electron chi connectivity index (χ2n) is 10.8. The number of aliphatic hydroxyl groups is 2. The predicted molar refractivity (Wildman–Crippen MR) is 157 cm³/mol. The molecular weight excluding hydrogens is 554 g/mol. The Kier molecular flexibility index (Phi) is 8.84. The summed E-state index contributed by atoms with van der Waals surface area (Å²) in [5, 5.41) is 28.2.